The molecule has 0 saturated heterocycles. The van der Waals surface area contributed by atoms with Gasteiger partial charge in [-0.15, -0.1) is 0 Å². The predicted molar refractivity (Wildman–Crippen MR) is 132 cm³/mol. The van der Waals surface area contributed by atoms with Crippen LogP contribution in [0.4, 0.5) is 0 Å². The highest BCUT2D eigenvalue weighted by Gasteiger charge is 2.28. The zero-order valence-electron chi connectivity index (χ0n) is 19.9. The zero-order chi connectivity index (χ0) is 24.5. The Morgan fingerprint density at radius 1 is 0.912 bits per heavy atom. The van der Waals surface area contributed by atoms with E-state index in [2.05, 4.69) is 26.5 Å². The summed E-state index contributed by atoms with van der Waals surface area (Å²) in [7, 11) is 0. The number of benzene rings is 2. The quantitative estimate of drug-likeness (QED) is 0.430. The van der Waals surface area contributed by atoms with Crippen LogP contribution in [0.2, 0.25) is 0 Å². The highest BCUT2D eigenvalue weighted by Crippen LogP contribution is 2.12. The van der Waals surface area contributed by atoms with Crippen molar-refractivity contribution in [1.82, 2.24) is 21.4 Å². The largest absolute Gasteiger partial charge is 0.346 e. The highest BCUT2D eigenvalue weighted by atomic mass is 16.2. The summed E-state index contributed by atoms with van der Waals surface area (Å²) in [5.74, 6) is -1.02. The number of nitrogens with one attached hydrogen (secondary N) is 4. The van der Waals surface area contributed by atoms with Gasteiger partial charge in [-0.05, 0) is 31.4 Å². The lowest BCUT2D eigenvalue weighted by Crippen LogP contribution is -2.55. The minimum Gasteiger partial charge on any atom is -0.346 e. The van der Waals surface area contributed by atoms with E-state index >= 15 is 0 Å². The number of hydrogen-bond acceptors (Lipinski definition) is 5. The fourth-order valence-corrected chi connectivity index (χ4v) is 3.90. The van der Waals surface area contributed by atoms with E-state index in [4.69, 9.17) is 0 Å². The fraction of sp³-hybridized carbons (Fsp3) is 0.385. The maximum Gasteiger partial charge on any atom is 0.243 e. The summed E-state index contributed by atoms with van der Waals surface area (Å²) in [6, 6.07) is 17.7. The number of hydrazone groups is 1. The molecule has 0 radical (unpaired) electrons. The molecule has 8 heteroatoms. The first-order valence-corrected chi connectivity index (χ1v) is 11.6. The molecule has 0 spiro atoms. The van der Waals surface area contributed by atoms with Crippen LogP contribution in [0.15, 0.2) is 65.8 Å². The predicted octanol–water partition coefficient (Wildman–Crippen LogP) is 1.70. The van der Waals surface area contributed by atoms with Gasteiger partial charge in [-0.1, -0.05) is 60.7 Å². The van der Waals surface area contributed by atoms with Gasteiger partial charge in [-0.25, -0.2) is 0 Å². The molecular formula is C26H33N5O3. The van der Waals surface area contributed by atoms with Gasteiger partial charge in [0.1, 0.15) is 12.1 Å². The molecule has 2 aromatic rings. The van der Waals surface area contributed by atoms with Crippen LogP contribution in [0, 0.1) is 0 Å². The van der Waals surface area contributed by atoms with E-state index in [9.17, 15) is 14.4 Å². The first-order valence-electron chi connectivity index (χ1n) is 11.6. The van der Waals surface area contributed by atoms with Gasteiger partial charge in [0.2, 0.25) is 17.7 Å². The Bertz CT molecular complexity index is 1010. The monoisotopic (exact) mass is 463 g/mol. The zero-order valence-corrected chi connectivity index (χ0v) is 19.9. The second-order valence-electron chi connectivity index (χ2n) is 8.76. The van der Waals surface area contributed by atoms with Crippen LogP contribution in [-0.2, 0) is 27.2 Å². The molecular weight excluding hydrogens is 430 g/mol. The van der Waals surface area contributed by atoms with Gasteiger partial charge in [-0.2, -0.15) is 5.10 Å². The summed E-state index contributed by atoms with van der Waals surface area (Å²) in [6.07, 6.45) is 1.67. The maximum absolute atomic E-state index is 13.0. The van der Waals surface area contributed by atoms with Crippen molar-refractivity contribution in [1.29, 1.82) is 0 Å². The molecule has 1 aliphatic heterocycles. The van der Waals surface area contributed by atoms with Gasteiger partial charge in [0.15, 0.2) is 0 Å². The molecule has 4 N–H and O–H groups in total. The van der Waals surface area contributed by atoms with Gasteiger partial charge >= 0.3 is 0 Å². The molecule has 3 rings (SSSR count). The van der Waals surface area contributed by atoms with E-state index in [0.29, 0.717) is 12.8 Å². The summed E-state index contributed by atoms with van der Waals surface area (Å²) < 4.78 is 0. The Labute approximate surface area is 200 Å². The second-order valence-corrected chi connectivity index (χ2v) is 8.76. The molecule has 4 atom stereocenters. The molecule has 0 saturated carbocycles. The number of carbonyl (C=O) groups excluding carboxylic acids is 3. The molecule has 0 bridgehead atoms. The van der Waals surface area contributed by atoms with Gasteiger partial charge in [0.25, 0.3) is 0 Å². The number of hydrogen-bond donors (Lipinski definition) is 4. The van der Waals surface area contributed by atoms with Crippen molar-refractivity contribution >= 4 is 23.4 Å². The van der Waals surface area contributed by atoms with Crippen LogP contribution in [0.3, 0.4) is 0 Å². The summed E-state index contributed by atoms with van der Waals surface area (Å²) in [6.45, 7) is 5.04. The van der Waals surface area contributed by atoms with E-state index < -0.39 is 18.0 Å². The topological polar surface area (TPSA) is 112 Å². The minimum absolute atomic E-state index is 0.207. The summed E-state index contributed by atoms with van der Waals surface area (Å²) in [4.78, 5) is 37.6. The Morgan fingerprint density at radius 2 is 1.50 bits per heavy atom. The van der Waals surface area contributed by atoms with Gasteiger partial charge in [-0.3, -0.25) is 14.4 Å². The Hall–Kier alpha value is -3.68. The van der Waals surface area contributed by atoms with Gasteiger partial charge in [0.05, 0.1) is 11.8 Å². The normalized spacial score (nSPS) is 17.5. The molecule has 1 heterocycles. The van der Waals surface area contributed by atoms with Crippen molar-refractivity contribution in [3.63, 3.8) is 0 Å². The van der Waals surface area contributed by atoms with Crippen LogP contribution in [0.1, 0.15) is 38.3 Å². The number of carbonyl (C=O) groups is 3. The van der Waals surface area contributed by atoms with Crippen LogP contribution in [0.5, 0.6) is 0 Å². The number of nitrogens with zero attached hydrogens (tertiary/aromatic N) is 1. The van der Waals surface area contributed by atoms with E-state index in [1.807, 2.05) is 67.6 Å². The molecule has 1 unspecified atom stereocenters. The van der Waals surface area contributed by atoms with E-state index in [0.717, 1.165) is 23.3 Å². The van der Waals surface area contributed by atoms with Crippen LogP contribution in [-0.4, -0.2) is 47.6 Å². The van der Waals surface area contributed by atoms with Crippen LogP contribution >= 0.6 is 0 Å². The van der Waals surface area contributed by atoms with E-state index in [-0.39, 0.29) is 23.9 Å². The van der Waals surface area contributed by atoms with E-state index in [1.165, 1.54) is 6.92 Å². The molecule has 0 fully saturated rings. The highest BCUT2D eigenvalue weighted by molar-refractivity contribution is 5.97. The summed E-state index contributed by atoms with van der Waals surface area (Å²) in [5, 5.41) is 12.9. The van der Waals surface area contributed by atoms with Crippen molar-refractivity contribution in [2.45, 2.75) is 64.2 Å². The maximum atomic E-state index is 13.0. The molecule has 180 valence electrons. The Balaban J connectivity index is 1.65. The molecule has 34 heavy (non-hydrogen) atoms. The summed E-state index contributed by atoms with van der Waals surface area (Å²) >= 11 is 0. The number of rotatable bonds is 10. The third-order valence-corrected chi connectivity index (χ3v) is 5.67. The van der Waals surface area contributed by atoms with Crippen molar-refractivity contribution < 1.29 is 14.4 Å². The van der Waals surface area contributed by atoms with Crippen molar-refractivity contribution in [3.8, 4) is 0 Å². The van der Waals surface area contributed by atoms with Crippen molar-refractivity contribution in [2.24, 2.45) is 5.10 Å². The lowest BCUT2D eigenvalue weighted by molar-refractivity contribution is -0.131. The average Bonchev–Trinajstić information content (AvgIpc) is 3.25. The van der Waals surface area contributed by atoms with Gasteiger partial charge in [0, 0.05) is 25.8 Å². The molecule has 0 aromatic heterocycles. The lowest BCUT2D eigenvalue weighted by atomic mass is 9.98. The third kappa shape index (κ3) is 7.43. The minimum atomic E-state index is -0.787. The Morgan fingerprint density at radius 3 is 2.03 bits per heavy atom. The average molecular weight is 464 g/mol. The van der Waals surface area contributed by atoms with Crippen molar-refractivity contribution in [3.05, 3.63) is 71.8 Å². The van der Waals surface area contributed by atoms with Crippen LogP contribution < -0.4 is 21.4 Å². The molecule has 3 amide bonds. The standard InChI is InChI=1S/C26H33N5O3/c1-17-14-23(31-30-17)22(15-20-10-6-4-7-11-20)29-25(33)18(2)27-26(34)24(28-19(3)32)16-21-12-8-5-9-13-21/h4-13,17-18,22,24,30H,14-16H2,1-3H3,(H,27,34)(H,28,32)(H,29,33)/t17?,18-,22-,24-/m0/s1. The number of amides is 3. The SMILES string of the molecule is CC(=O)N[C@@H](Cc1ccccc1)C(=O)N[C@@H](C)C(=O)N[C@@H](Cc1ccccc1)C1=NNC(C)C1. The molecule has 2 aromatic carbocycles. The summed E-state index contributed by atoms with van der Waals surface area (Å²) in [5.41, 5.74) is 5.93. The lowest BCUT2D eigenvalue weighted by Gasteiger charge is -2.24. The molecule has 8 nitrogen and oxygen atoms in total. The van der Waals surface area contributed by atoms with E-state index in [1.54, 1.807) is 6.92 Å². The van der Waals surface area contributed by atoms with Crippen molar-refractivity contribution in [2.75, 3.05) is 0 Å². The fourth-order valence-electron chi connectivity index (χ4n) is 3.90. The first-order chi connectivity index (χ1) is 16.3. The Kier molecular flexibility index (Phi) is 8.79. The first kappa shape index (κ1) is 25.0. The third-order valence-electron chi connectivity index (χ3n) is 5.67. The molecule has 1 aliphatic rings. The molecule has 0 aliphatic carbocycles. The smallest absolute Gasteiger partial charge is 0.243 e. The second kappa shape index (κ2) is 12.0. The van der Waals surface area contributed by atoms with Gasteiger partial charge < -0.3 is 21.4 Å². The van der Waals surface area contributed by atoms with Crippen LogP contribution in [0.25, 0.3) is 0 Å².